The van der Waals surface area contributed by atoms with Gasteiger partial charge in [0.2, 0.25) is 0 Å². The van der Waals surface area contributed by atoms with Gasteiger partial charge in [0, 0.05) is 12.0 Å². The Morgan fingerprint density at radius 3 is 2.43 bits per heavy atom. The molecule has 0 radical (unpaired) electrons. The number of benzene rings is 2. The van der Waals surface area contributed by atoms with Gasteiger partial charge in [0.25, 0.3) is 0 Å². The van der Waals surface area contributed by atoms with Crippen molar-refractivity contribution in [3.05, 3.63) is 53.4 Å². The third kappa shape index (κ3) is 7.90. The molecule has 190 valence electrons. The first-order valence-electron chi connectivity index (χ1n) is 11.5. The number of carbonyl (C=O) groups excluding carboxylic acids is 2. The van der Waals surface area contributed by atoms with Crippen LogP contribution in [0.4, 0.5) is 4.39 Å². The Bertz CT molecular complexity index is 1030. The molecule has 2 aromatic rings. The number of halogens is 1. The van der Waals surface area contributed by atoms with Gasteiger partial charge >= 0.3 is 5.97 Å². The minimum absolute atomic E-state index is 0.0267. The van der Waals surface area contributed by atoms with Crippen LogP contribution in [-0.4, -0.2) is 55.0 Å². The van der Waals surface area contributed by atoms with E-state index in [0.717, 1.165) is 5.56 Å². The smallest absolute Gasteiger partial charge is 0.313 e. The molecule has 0 fully saturated rings. The van der Waals surface area contributed by atoms with Crippen LogP contribution in [0.15, 0.2) is 36.4 Å². The van der Waals surface area contributed by atoms with E-state index in [2.05, 4.69) is 0 Å². The highest BCUT2D eigenvalue weighted by Crippen LogP contribution is 2.45. The number of carbonyl (C=O) groups is 2. The fourth-order valence-electron chi connectivity index (χ4n) is 3.65. The fourth-order valence-corrected chi connectivity index (χ4v) is 3.65. The van der Waals surface area contributed by atoms with Crippen molar-refractivity contribution in [3.63, 3.8) is 0 Å². The number of esters is 1. The number of Topliss-reactive ketones (excluding diaryl/α,β-unsaturated/α-hetero) is 1. The first-order chi connectivity index (χ1) is 16.7. The van der Waals surface area contributed by atoms with Gasteiger partial charge in [0.15, 0.2) is 11.5 Å². The minimum atomic E-state index is -1.13. The van der Waals surface area contributed by atoms with Crippen LogP contribution in [0.3, 0.4) is 0 Å². The predicted molar refractivity (Wildman–Crippen MR) is 131 cm³/mol. The van der Waals surface area contributed by atoms with Gasteiger partial charge in [-0.15, -0.1) is 0 Å². The Morgan fingerprint density at radius 2 is 1.86 bits per heavy atom. The van der Waals surface area contributed by atoms with E-state index in [-0.39, 0.29) is 32.2 Å². The average molecular weight is 489 g/mol. The van der Waals surface area contributed by atoms with Crippen molar-refractivity contribution >= 4 is 17.8 Å². The van der Waals surface area contributed by atoms with Crippen molar-refractivity contribution < 1.29 is 38.4 Å². The molecule has 0 aliphatic heterocycles. The summed E-state index contributed by atoms with van der Waals surface area (Å²) in [6.07, 6.45) is 1.39. The lowest BCUT2D eigenvalue weighted by Crippen LogP contribution is -2.16. The van der Waals surface area contributed by atoms with Gasteiger partial charge in [-0.25, -0.2) is 4.39 Å². The van der Waals surface area contributed by atoms with E-state index >= 15 is 0 Å². The standard InChI is InChI=1S/C27H33FO7/c1-5-34-25(32)15-21(31)14-20(30)10-11-22-23(17(2)3)16-24(35-13-12-29)27(33-4)26(22)18-6-8-19(28)9-7-18/h6-11,16-17,20,29-30H,5,12-15H2,1-4H3/b11-10+. The fraction of sp³-hybridized carbons (Fsp3) is 0.407. The average Bonchev–Trinajstić information content (AvgIpc) is 2.81. The molecule has 0 spiro atoms. The lowest BCUT2D eigenvalue weighted by Gasteiger charge is -2.22. The van der Waals surface area contributed by atoms with Crippen molar-refractivity contribution in [1.82, 2.24) is 0 Å². The highest BCUT2D eigenvalue weighted by Gasteiger charge is 2.22. The third-order valence-corrected chi connectivity index (χ3v) is 5.19. The van der Waals surface area contributed by atoms with Crippen LogP contribution in [0.1, 0.15) is 50.7 Å². The summed E-state index contributed by atoms with van der Waals surface area (Å²) in [6.45, 7) is 5.69. The molecule has 0 saturated carbocycles. The predicted octanol–water partition coefficient (Wildman–Crippen LogP) is 4.28. The largest absolute Gasteiger partial charge is 0.492 e. The normalized spacial score (nSPS) is 12.1. The van der Waals surface area contributed by atoms with Crippen LogP contribution in [0, 0.1) is 5.82 Å². The molecule has 1 unspecified atom stereocenters. The van der Waals surface area contributed by atoms with Gasteiger partial charge in [-0.1, -0.05) is 38.1 Å². The second-order valence-electron chi connectivity index (χ2n) is 8.17. The monoisotopic (exact) mass is 488 g/mol. The Kier molecular flexibility index (Phi) is 10.9. The van der Waals surface area contributed by atoms with Gasteiger partial charge in [-0.05, 0) is 47.7 Å². The summed E-state index contributed by atoms with van der Waals surface area (Å²) in [5.74, 6) is -0.615. The van der Waals surface area contributed by atoms with E-state index in [4.69, 9.17) is 14.2 Å². The van der Waals surface area contributed by atoms with Crippen LogP contribution in [-0.2, 0) is 14.3 Å². The van der Waals surface area contributed by atoms with E-state index in [1.54, 1.807) is 25.1 Å². The molecule has 8 heteroatoms. The molecule has 1 atom stereocenters. The number of hydrogen-bond acceptors (Lipinski definition) is 7. The summed E-state index contributed by atoms with van der Waals surface area (Å²) in [5.41, 5.74) is 2.84. The van der Waals surface area contributed by atoms with E-state index in [9.17, 15) is 24.2 Å². The number of hydrogen-bond donors (Lipinski definition) is 2. The molecule has 2 rings (SSSR count). The van der Waals surface area contributed by atoms with Crippen molar-refractivity contribution in [1.29, 1.82) is 0 Å². The van der Waals surface area contributed by atoms with Crippen LogP contribution >= 0.6 is 0 Å². The van der Waals surface area contributed by atoms with Gasteiger partial charge in [0.1, 0.15) is 24.6 Å². The van der Waals surface area contributed by atoms with Crippen molar-refractivity contribution in [3.8, 4) is 22.6 Å². The molecule has 7 nitrogen and oxygen atoms in total. The third-order valence-electron chi connectivity index (χ3n) is 5.19. The Balaban J connectivity index is 2.54. The number of rotatable bonds is 13. The molecule has 2 aromatic carbocycles. The molecule has 0 saturated heterocycles. The summed E-state index contributed by atoms with van der Waals surface area (Å²) >= 11 is 0. The molecule has 0 bridgehead atoms. The van der Waals surface area contributed by atoms with Crippen LogP contribution in [0.5, 0.6) is 11.5 Å². The number of methoxy groups -OCH3 is 1. The van der Waals surface area contributed by atoms with Gasteiger partial charge in [-0.2, -0.15) is 0 Å². The number of aliphatic hydroxyl groups excluding tert-OH is 2. The SMILES string of the molecule is CCOC(=O)CC(=O)CC(O)/C=C/c1c(C(C)C)cc(OCCO)c(OC)c1-c1ccc(F)cc1. The Labute approximate surface area is 205 Å². The molecule has 0 aromatic heterocycles. The lowest BCUT2D eigenvalue weighted by molar-refractivity contribution is -0.145. The zero-order valence-corrected chi connectivity index (χ0v) is 20.5. The number of ether oxygens (including phenoxy) is 3. The highest BCUT2D eigenvalue weighted by atomic mass is 19.1. The number of ketones is 1. The maximum atomic E-state index is 13.7. The second kappa shape index (κ2) is 13.6. The molecule has 0 aliphatic carbocycles. The van der Waals surface area contributed by atoms with E-state index in [1.165, 1.54) is 25.3 Å². The quantitative estimate of drug-likeness (QED) is 0.320. The molecule has 35 heavy (non-hydrogen) atoms. The first kappa shape index (κ1) is 28.0. The minimum Gasteiger partial charge on any atom is -0.492 e. The number of aliphatic hydroxyl groups is 2. The van der Waals surface area contributed by atoms with Gasteiger partial charge in [0.05, 0.1) is 26.4 Å². The van der Waals surface area contributed by atoms with E-state index < -0.39 is 30.1 Å². The molecular formula is C27H33FO7. The van der Waals surface area contributed by atoms with Crippen LogP contribution in [0.2, 0.25) is 0 Å². The van der Waals surface area contributed by atoms with Crippen molar-refractivity contribution in [2.24, 2.45) is 0 Å². The highest BCUT2D eigenvalue weighted by molar-refractivity contribution is 5.96. The maximum Gasteiger partial charge on any atom is 0.313 e. The maximum absolute atomic E-state index is 13.7. The summed E-state index contributed by atoms with van der Waals surface area (Å²) in [6, 6.07) is 7.71. The second-order valence-corrected chi connectivity index (χ2v) is 8.17. The topological polar surface area (TPSA) is 102 Å². The zero-order valence-electron chi connectivity index (χ0n) is 20.5. The molecular weight excluding hydrogens is 455 g/mol. The van der Waals surface area contributed by atoms with Crippen molar-refractivity contribution in [2.45, 2.75) is 45.6 Å². The molecule has 0 aliphatic rings. The molecule has 2 N–H and O–H groups in total. The lowest BCUT2D eigenvalue weighted by atomic mass is 9.88. The van der Waals surface area contributed by atoms with Gasteiger partial charge < -0.3 is 24.4 Å². The first-order valence-corrected chi connectivity index (χ1v) is 11.5. The van der Waals surface area contributed by atoms with Gasteiger partial charge in [-0.3, -0.25) is 9.59 Å². The van der Waals surface area contributed by atoms with Crippen LogP contribution in [0.25, 0.3) is 17.2 Å². The summed E-state index contributed by atoms with van der Waals surface area (Å²) < 4.78 is 29.8. The summed E-state index contributed by atoms with van der Waals surface area (Å²) in [5, 5.41) is 19.7. The van der Waals surface area contributed by atoms with E-state index in [1.807, 2.05) is 19.9 Å². The van der Waals surface area contributed by atoms with Crippen LogP contribution < -0.4 is 9.47 Å². The molecule has 0 amide bonds. The zero-order chi connectivity index (χ0) is 26.0. The Hall–Kier alpha value is -3.23. The summed E-state index contributed by atoms with van der Waals surface area (Å²) in [4.78, 5) is 23.6. The summed E-state index contributed by atoms with van der Waals surface area (Å²) in [7, 11) is 1.49. The molecule has 0 heterocycles. The van der Waals surface area contributed by atoms with Crippen molar-refractivity contribution in [2.75, 3.05) is 26.9 Å². The van der Waals surface area contributed by atoms with E-state index in [0.29, 0.717) is 28.2 Å². The Morgan fingerprint density at radius 1 is 1.17 bits per heavy atom.